The fraction of sp³-hybridized carbons (Fsp3) is 0.375. The van der Waals surface area contributed by atoms with Crippen LogP contribution in [0.4, 0.5) is 11.6 Å². The summed E-state index contributed by atoms with van der Waals surface area (Å²) in [5.74, 6) is 5.32. The Balaban J connectivity index is 2.73. The standard InChI is InChI=1S/C8H14N6O2S/c1-17-8-12-5(2-6(13-8)14-10)11-3-4(15)7(9)16/h2,4,15H,3,10H2,1H3,(H2,9,16)(H2,11,12,13,14). The molecule has 0 aliphatic rings. The van der Waals surface area contributed by atoms with E-state index in [4.69, 9.17) is 11.6 Å². The number of aliphatic hydroxyl groups is 1. The Morgan fingerprint density at radius 3 is 2.76 bits per heavy atom. The number of thioether (sulfide) groups is 1. The van der Waals surface area contributed by atoms with Crippen molar-refractivity contribution in [2.75, 3.05) is 23.5 Å². The van der Waals surface area contributed by atoms with Gasteiger partial charge in [-0.1, -0.05) is 11.8 Å². The van der Waals surface area contributed by atoms with Crippen molar-refractivity contribution in [3.05, 3.63) is 6.07 Å². The van der Waals surface area contributed by atoms with Gasteiger partial charge in [-0.05, 0) is 6.26 Å². The zero-order chi connectivity index (χ0) is 12.8. The molecule has 1 amide bonds. The van der Waals surface area contributed by atoms with Crippen LogP contribution in [0.3, 0.4) is 0 Å². The monoisotopic (exact) mass is 258 g/mol. The Labute approximate surface area is 102 Å². The number of aromatic nitrogens is 2. The lowest BCUT2D eigenvalue weighted by Crippen LogP contribution is -2.34. The molecule has 0 bridgehead atoms. The second kappa shape index (κ2) is 6.23. The summed E-state index contributed by atoms with van der Waals surface area (Å²) >= 11 is 1.34. The largest absolute Gasteiger partial charge is 0.381 e. The molecule has 1 rings (SSSR count). The number of hydrogen-bond acceptors (Lipinski definition) is 8. The Bertz CT molecular complexity index is 379. The minimum Gasteiger partial charge on any atom is -0.381 e. The molecule has 8 nitrogen and oxygen atoms in total. The number of hydrazine groups is 1. The fourth-order valence-electron chi connectivity index (χ4n) is 0.983. The molecule has 0 saturated heterocycles. The van der Waals surface area contributed by atoms with E-state index in [1.54, 1.807) is 6.07 Å². The summed E-state index contributed by atoms with van der Waals surface area (Å²) in [5.41, 5.74) is 7.31. The summed E-state index contributed by atoms with van der Waals surface area (Å²) in [7, 11) is 0. The first-order valence-electron chi connectivity index (χ1n) is 4.67. The smallest absolute Gasteiger partial charge is 0.248 e. The number of nitrogen functional groups attached to an aromatic ring is 1. The molecule has 1 atom stereocenters. The van der Waals surface area contributed by atoms with Crippen molar-refractivity contribution in [3.8, 4) is 0 Å². The van der Waals surface area contributed by atoms with Gasteiger partial charge in [-0.25, -0.2) is 15.8 Å². The van der Waals surface area contributed by atoms with Gasteiger partial charge >= 0.3 is 0 Å². The number of aliphatic hydroxyl groups excluding tert-OH is 1. The second-order valence-electron chi connectivity index (χ2n) is 3.07. The SMILES string of the molecule is CSc1nc(NN)cc(NCC(O)C(N)=O)n1. The van der Waals surface area contributed by atoms with Gasteiger partial charge < -0.3 is 21.6 Å². The van der Waals surface area contributed by atoms with E-state index in [2.05, 4.69) is 20.7 Å². The Kier molecular flexibility index (Phi) is 4.94. The highest BCUT2D eigenvalue weighted by Crippen LogP contribution is 2.16. The van der Waals surface area contributed by atoms with Gasteiger partial charge in [0.1, 0.15) is 17.7 Å². The van der Waals surface area contributed by atoms with E-state index in [9.17, 15) is 9.90 Å². The van der Waals surface area contributed by atoms with Crippen molar-refractivity contribution in [2.45, 2.75) is 11.3 Å². The maximum Gasteiger partial charge on any atom is 0.248 e. The van der Waals surface area contributed by atoms with Crippen LogP contribution < -0.4 is 22.3 Å². The normalized spacial score (nSPS) is 11.9. The van der Waals surface area contributed by atoms with Crippen molar-refractivity contribution >= 4 is 29.3 Å². The van der Waals surface area contributed by atoms with Gasteiger partial charge in [0.15, 0.2) is 5.16 Å². The van der Waals surface area contributed by atoms with E-state index in [1.807, 2.05) is 6.26 Å². The molecular formula is C8H14N6O2S. The number of nitrogens with one attached hydrogen (secondary N) is 2. The van der Waals surface area contributed by atoms with E-state index in [-0.39, 0.29) is 6.54 Å². The lowest BCUT2D eigenvalue weighted by Gasteiger charge is -2.10. The van der Waals surface area contributed by atoms with E-state index >= 15 is 0 Å². The van der Waals surface area contributed by atoms with E-state index in [0.29, 0.717) is 16.8 Å². The van der Waals surface area contributed by atoms with Gasteiger partial charge in [-0.3, -0.25) is 4.79 Å². The highest BCUT2D eigenvalue weighted by molar-refractivity contribution is 7.98. The van der Waals surface area contributed by atoms with Crippen molar-refractivity contribution in [2.24, 2.45) is 11.6 Å². The van der Waals surface area contributed by atoms with Crippen LogP contribution in [0.1, 0.15) is 0 Å². The van der Waals surface area contributed by atoms with Gasteiger partial charge in [-0.2, -0.15) is 0 Å². The summed E-state index contributed by atoms with van der Waals surface area (Å²) in [4.78, 5) is 18.8. The molecule has 1 unspecified atom stereocenters. The molecule has 0 saturated carbocycles. The van der Waals surface area contributed by atoms with Crippen LogP contribution in [0.5, 0.6) is 0 Å². The van der Waals surface area contributed by atoms with E-state index < -0.39 is 12.0 Å². The number of amides is 1. The van der Waals surface area contributed by atoms with Crippen LogP contribution in [0.2, 0.25) is 0 Å². The minimum absolute atomic E-state index is 0.0236. The number of primary amides is 1. The molecule has 0 aromatic carbocycles. The number of nitrogens with zero attached hydrogens (tertiary/aromatic N) is 2. The molecule has 7 N–H and O–H groups in total. The molecular weight excluding hydrogens is 244 g/mol. The van der Waals surface area contributed by atoms with Crippen LogP contribution >= 0.6 is 11.8 Å². The fourth-order valence-corrected chi connectivity index (χ4v) is 1.36. The number of hydrogen-bond donors (Lipinski definition) is 5. The summed E-state index contributed by atoms with van der Waals surface area (Å²) in [6.45, 7) is -0.0236. The number of anilines is 2. The van der Waals surface area contributed by atoms with Crippen molar-refractivity contribution in [3.63, 3.8) is 0 Å². The zero-order valence-corrected chi connectivity index (χ0v) is 9.99. The molecule has 1 aromatic rings. The first kappa shape index (κ1) is 13.5. The van der Waals surface area contributed by atoms with Crippen LogP contribution in [0, 0.1) is 0 Å². The molecule has 0 spiro atoms. The maximum absolute atomic E-state index is 10.6. The Morgan fingerprint density at radius 1 is 1.59 bits per heavy atom. The van der Waals surface area contributed by atoms with Crippen molar-refractivity contribution in [1.29, 1.82) is 0 Å². The molecule has 0 aliphatic carbocycles. The molecule has 1 aromatic heterocycles. The summed E-state index contributed by atoms with van der Waals surface area (Å²) < 4.78 is 0. The molecule has 9 heteroatoms. The Morgan fingerprint density at radius 2 is 2.24 bits per heavy atom. The van der Waals surface area contributed by atoms with Crippen LogP contribution in [-0.2, 0) is 4.79 Å². The average Bonchev–Trinajstić information content (AvgIpc) is 2.35. The van der Waals surface area contributed by atoms with Crippen molar-refractivity contribution in [1.82, 2.24) is 9.97 Å². The van der Waals surface area contributed by atoms with Gasteiger partial charge in [0.25, 0.3) is 0 Å². The summed E-state index contributed by atoms with van der Waals surface area (Å²) in [6, 6.07) is 1.55. The lowest BCUT2D eigenvalue weighted by atomic mass is 10.3. The van der Waals surface area contributed by atoms with Gasteiger partial charge in [0.2, 0.25) is 5.91 Å². The topological polar surface area (TPSA) is 139 Å². The van der Waals surface area contributed by atoms with Crippen LogP contribution in [0.15, 0.2) is 11.2 Å². The van der Waals surface area contributed by atoms with Gasteiger partial charge in [0, 0.05) is 6.07 Å². The number of carbonyl (C=O) groups is 1. The molecule has 0 radical (unpaired) electrons. The third kappa shape index (κ3) is 4.06. The first-order valence-corrected chi connectivity index (χ1v) is 5.90. The molecule has 0 aliphatic heterocycles. The average molecular weight is 258 g/mol. The number of rotatable bonds is 6. The zero-order valence-electron chi connectivity index (χ0n) is 9.17. The second-order valence-corrected chi connectivity index (χ2v) is 3.84. The number of carbonyl (C=O) groups excluding carboxylic acids is 1. The Hall–Kier alpha value is -1.58. The molecule has 17 heavy (non-hydrogen) atoms. The van der Waals surface area contributed by atoms with E-state index in [0.717, 1.165) is 0 Å². The minimum atomic E-state index is -1.27. The summed E-state index contributed by atoms with van der Waals surface area (Å²) in [5, 5.41) is 12.5. The van der Waals surface area contributed by atoms with Gasteiger partial charge in [0.05, 0.1) is 6.54 Å². The van der Waals surface area contributed by atoms with Crippen LogP contribution in [-0.4, -0.2) is 39.9 Å². The molecule has 94 valence electrons. The molecule has 1 heterocycles. The lowest BCUT2D eigenvalue weighted by molar-refractivity contribution is -0.125. The highest BCUT2D eigenvalue weighted by Gasteiger charge is 2.11. The quantitative estimate of drug-likeness (QED) is 0.184. The third-order valence-corrected chi connectivity index (χ3v) is 2.39. The summed E-state index contributed by atoms with van der Waals surface area (Å²) in [6.07, 6.45) is 0.550. The van der Waals surface area contributed by atoms with Crippen molar-refractivity contribution < 1.29 is 9.90 Å². The number of nitrogens with two attached hydrogens (primary N) is 2. The van der Waals surface area contributed by atoms with Gasteiger partial charge in [-0.15, -0.1) is 0 Å². The predicted molar refractivity (Wildman–Crippen MR) is 65.3 cm³/mol. The van der Waals surface area contributed by atoms with E-state index in [1.165, 1.54) is 11.8 Å². The highest BCUT2D eigenvalue weighted by atomic mass is 32.2. The predicted octanol–water partition coefficient (Wildman–Crippen LogP) is -1.26. The van der Waals surface area contributed by atoms with Crippen LogP contribution in [0.25, 0.3) is 0 Å². The molecule has 0 fully saturated rings. The first-order chi connectivity index (χ1) is 8.06. The maximum atomic E-state index is 10.6. The third-order valence-electron chi connectivity index (χ3n) is 1.84.